The number of aldehydes is 1. The van der Waals surface area contributed by atoms with E-state index in [1.165, 1.54) is 12.1 Å². The van der Waals surface area contributed by atoms with Gasteiger partial charge in [0.1, 0.15) is 17.7 Å². The van der Waals surface area contributed by atoms with Crippen molar-refractivity contribution in [1.82, 2.24) is 15.1 Å². The van der Waals surface area contributed by atoms with Gasteiger partial charge in [-0.25, -0.2) is 4.39 Å². The Morgan fingerprint density at radius 3 is 2.42 bits per heavy atom. The summed E-state index contributed by atoms with van der Waals surface area (Å²) in [5, 5.41) is 15.4. The summed E-state index contributed by atoms with van der Waals surface area (Å²) in [6, 6.07) is 8.65. The van der Waals surface area contributed by atoms with Gasteiger partial charge in [-0.1, -0.05) is 18.2 Å². The maximum absolute atomic E-state index is 13.7. The summed E-state index contributed by atoms with van der Waals surface area (Å²) in [4.78, 5) is 36.8. The molecule has 1 aromatic heterocycles. The molecule has 2 N–H and O–H groups in total. The van der Waals surface area contributed by atoms with Crippen LogP contribution < -0.4 is 10.9 Å². The molecule has 1 atom stereocenters. The minimum atomic E-state index is -4.56. The highest BCUT2D eigenvalue weighted by Gasteiger charge is 2.30. The van der Waals surface area contributed by atoms with Crippen LogP contribution in [0.5, 0.6) is 0 Å². The monoisotopic (exact) mass is 463 g/mol. The van der Waals surface area contributed by atoms with Crippen LogP contribution >= 0.6 is 0 Å². The summed E-state index contributed by atoms with van der Waals surface area (Å²) in [5.41, 5.74) is -2.23. The fraction of sp³-hybridized carbons (Fsp3) is 0.182. The van der Waals surface area contributed by atoms with E-state index < -0.39 is 47.2 Å². The zero-order valence-corrected chi connectivity index (χ0v) is 16.8. The molecular formula is C22H17F4N3O4. The molecule has 0 fully saturated rings. The molecule has 172 valence electrons. The number of aromatic nitrogens is 2. The van der Waals surface area contributed by atoms with Gasteiger partial charge in [0.25, 0.3) is 11.5 Å². The van der Waals surface area contributed by atoms with Gasteiger partial charge in [0.15, 0.2) is 0 Å². The number of hydrogen-bond donors (Lipinski definition) is 2. The Morgan fingerprint density at radius 1 is 1.15 bits per heavy atom. The van der Waals surface area contributed by atoms with E-state index in [0.717, 1.165) is 47.1 Å². The van der Waals surface area contributed by atoms with Crippen LogP contribution in [-0.4, -0.2) is 39.7 Å². The highest BCUT2D eigenvalue weighted by Crippen LogP contribution is 2.30. The van der Waals surface area contributed by atoms with E-state index in [1.807, 2.05) is 0 Å². The number of carbonyl (C=O) groups is 2. The van der Waals surface area contributed by atoms with Gasteiger partial charge in [0.05, 0.1) is 23.0 Å². The lowest BCUT2D eigenvalue weighted by Crippen LogP contribution is -2.40. The van der Waals surface area contributed by atoms with Crippen LogP contribution in [0.1, 0.15) is 22.3 Å². The van der Waals surface area contributed by atoms with Crippen LogP contribution in [0.15, 0.2) is 59.4 Å². The molecule has 0 spiro atoms. The SMILES string of the molecule is O=CC(CCO)NC(=O)c1cc(-c2ccc(C(F)(F)F)cc2)nn(-c2cccc(F)c2)c1=O. The predicted molar refractivity (Wildman–Crippen MR) is 109 cm³/mol. The number of aliphatic hydroxyl groups is 1. The highest BCUT2D eigenvalue weighted by atomic mass is 19.4. The first-order chi connectivity index (χ1) is 15.6. The smallest absolute Gasteiger partial charge is 0.396 e. The van der Waals surface area contributed by atoms with E-state index in [2.05, 4.69) is 10.4 Å². The average Bonchev–Trinajstić information content (AvgIpc) is 2.78. The van der Waals surface area contributed by atoms with Crippen LogP contribution in [0, 0.1) is 5.82 Å². The predicted octanol–water partition coefficient (Wildman–Crippen LogP) is 2.74. The second kappa shape index (κ2) is 9.74. The fourth-order valence-corrected chi connectivity index (χ4v) is 2.97. The van der Waals surface area contributed by atoms with Gasteiger partial charge in [0, 0.05) is 12.2 Å². The molecule has 11 heteroatoms. The van der Waals surface area contributed by atoms with Gasteiger partial charge >= 0.3 is 6.18 Å². The molecule has 3 aromatic rings. The Kier molecular flexibility index (Phi) is 7.02. The first kappa shape index (κ1) is 23.8. The van der Waals surface area contributed by atoms with E-state index >= 15 is 0 Å². The van der Waals surface area contributed by atoms with E-state index in [1.54, 1.807) is 0 Å². The number of aliphatic hydroxyl groups excluding tert-OH is 1. The molecule has 0 aliphatic carbocycles. The van der Waals surface area contributed by atoms with Gasteiger partial charge in [-0.15, -0.1) is 0 Å². The van der Waals surface area contributed by atoms with Crippen LogP contribution in [-0.2, 0) is 11.0 Å². The number of carbonyl (C=O) groups excluding carboxylic acids is 2. The average molecular weight is 463 g/mol. The van der Waals surface area contributed by atoms with Crippen molar-refractivity contribution in [1.29, 1.82) is 0 Å². The topological polar surface area (TPSA) is 101 Å². The second-order valence-corrected chi connectivity index (χ2v) is 6.94. The summed E-state index contributed by atoms with van der Waals surface area (Å²) >= 11 is 0. The minimum absolute atomic E-state index is 0.0230. The number of amides is 1. The van der Waals surface area contributed by atoms with Crippen molar-refractivity contribution >= 4 is 12.2 Å². The molecule has 1 unspecified atom stereocenters. The van der Waals surface area contributed by atoms with E-state index in [-0.39, 0.29) is 23.4 Å². The summed E-state index contributed by atoms with van der Waals surface area (Å²) in [5.74, 6) is -1.65. The molecule has 33 heavy (non-hydrogen) atoms. The van der Waals surface area contributed by atoms with E-state index in [0.29, 0.717) is 6.29 Å². The minimum Gasteiger partial charge on any atom is -0.396 e. The number of hydrogen-bond acceptors (Lipinski definition) is 5. The molecule has 1 heterocycles. The molecule has 2 aromatic carbocycles. The Morgan fingerprint density at radius 2 is 1.85 bits per heavy atom. The largest absolute Gasteiger partial charge is 0.416 e. The Labute approximate surface area is 184 Å². The van der Waals surface area contributed by atoms with Gasteiger partial charge < -0.3 is 15.2 Å². The standard InChI is InChI=1S/C22H17F4N3O4/c23-15-2-1-3-17(10-15)29-21(33)18(20(32)27-16(12-31)8-9-30)11-19(28-29)13-4-6-14(7-5-13)22(24,25)26/h1-7,10-12,16,30H,8-9H2,(H,27,32). The molecule has 0 saturated heterocycles. The Balaban J connectivity index is 2.15. The van der Waals surface area contributed by atoms with Crippen molar-refractivity contribution in [2.45, 2.75) is 18.6 Å². The van der Waals surface area contributed by atoms with Gasteiger partial charge in [-0.2, -0.15) is 23.0 Å². The van der Waals surface area contributed by atoms with Gasteiger partial charge in [0.2, 0.25) is 0 Å². The third kappa shape index (κ3) is 5.50. The van der Waals surface area contributed by atoms with Crippen molar-refractivity contribution in [3.8, 4) is 16.9 Å². The molecular weight excluding hydrogens is 446 g/mol. The zero-order valence-electron chi connectivity index (χ0n) is 16.8. The molecule has 3 rings (SSSR count). The normalized spacial score (nSPS) is 12.3. The Bertz CT molecular complexity index is 1220. The quantitative estimate of drug-likeness (QED) is 0.415. The molecule has 7 nitrogen and oxygen atoms in total. The number of halogens is 4. The van der Waals surface area contributed by atoms with Crippen LogP contribution in [0.25, 0.3) is 16.9 Å². The lowest BCUT2D eigenvalue weighted by atomic mass is 10.1. The van der Waals surface area contributed by atoms with Crippen LogP contribution in [0.2, 0.25) is 0 Å². The van der Waals surface area contributed by atoms with Gasteiger partial charge in [-0.05, 0) is 42.8 Å². The van der Waals surface area contributed by atoms with Gasteiger partial charge in [-0.3, -0.25) is 9.59 Å². The fourth-order valence-electron chi connectivity index (χ4n) is 2.97. The summed E-state index contributed by atoms with van der Waals surface area (Å²) in [7, 11) is 0. The van der Waals surface area contributed by atoms with Crippen molar-refractivity contribution < 1.29 is 32.3 Å². The number of benzene rings is 2. The van der Waals surface area contributed by atoms with E-state index in [9.17, 15) is 31.9 Å². The third-order valence-electron chi connectivity index (χ3n) is 4.64. The molecule has 0 radical (unpaired) electrons. The summed E-state index contributed by atoms with van der Waals surface area (Å²) in [6.07, 6.45) is -4.27. The summed E-state index contributed by atoms with van der Waals surface area (Å²) in [6.45, 7) is -0.398. The number of nitrogens with one attached hydrogen (secondary N) is 1. The first-order valence-corrected chi connectivity index (χ1v) is 9.59. The molecule has 0 saturated carbocycles. The van der Waals surface area contributed by atoms with E-state index in [4.69, 9.17) is 5.11 Å². The lowest BCUT2D eigenvalue weighted by Gasteiger charge is -2.14. The maximum Gasteiger partial charge on any atom is 0.416 e. The lowest BCUT2D eigenvalue weighted by molar-refractivity contribution is -0.137. The number of rotatable bonds is 7. The maximum atomic E-state index is 13.7. The highest BCUT2D eigenvalue weighted by molar-refractivity contribution is 5.96. The molecule has 0 aliphatic rings. The van der Waals surface area contributed by atoms with Crippen LogP contribution in [0.4, 0.5) is 17.6 Å². The Hall–Kier alpha value is -3.86. The summed E-state index contributed by atoms with van der Waals surface area (Å²) < 4.78 is 53.1. The van der Waals surface area contributed by atoms with Crippen molar-refractivity contribution in [2.24, 2.45) is 0 Å². The first-order valence-electron chi connectivity index (χ1n) is 9.59. The zero-order chi connectivity index (χ0) is 24.2. The molecule has 0 bridgehead atoms. The van der Waals surface area contributed by atoms with Crippen LogP contribution in [0.3, 0.4) is 0 Å². The number of nitrogens with zero attached hydrogens (tertiary/aromatic N) is 2. The van der Waals surface area contributed by atoms with Crippen molar-refractivity contribution in [2.75, 3.05) is 6.61 Å². The molecule has 1 amide bonds. The number of alkyl halides is 3. The molecule has 0 aliphatic heterocycles. The van der Waals surface area contributed by atoms with Crippen molar-refractivity contribution in [3.63, 3.8) is 0 Å². The van der Waals surface area contributed by atoms with Crippen molar-refractivity contribution in [3.05, 3.63) is 81.9 Å². The second-order valence-electron chi connectivity index (χ2n) is 6.94. The third-order valence-corrected chi connectivity index (χ3v) is 4.64.